The maximum Gasteiger partial charge on any atom is 0.162 e. The average molecular weight is 289 g/mol. The quantitative estimate of drug-likeness (QED) is 0.867. The number of rotatable bonds is 6. The van der Waals surface area contributed by atoms with Crippen molar-refractivity contribution < 1.29 is 9.84 Å². The molecule has 3 unspecified atom stereocenters. The van der Waals surface area contributed by atoms with Crippen molar-refractivity contribution in [3.8, 4) is 11.5 Å². The van der Waals surface area contributed by atoms with Gasteiger partial charge in [0.2, 0.25) is 0 Å². The van der Waals surface area contributed by atoms with Gasteiger partial charge in [-0.3, -0.25) is 0 Å². The number of hydrogen-bond acceptors (Lipinski definition) is 3. The summed E-state index contributed by atoms with van der Waals surface area (Å²) >= 11 is 0. The Morgan fingerprint density at radius 1 is 1.29 bits per heavy atom. The minimum absolute atomic E-state index is 0.305. The second-order valence-electron chi connectivity index (χ2n) is 6.83. The molecule has 0 heterocycles. The second-order valence-corrected chi connectivity index (χ2v) is 6.83. The highest BCUT2D eigenvalue weighted by molar-refractivity contribution is 5.45. The predicted octanol–water partition coefficient (Wildman–Crippen LogP) is 3.66. The van der Waals surface area contributed by atoms with Crippen LogP contribution in [0.5, 0.6) is 11.5 Å². The molecule has 2 aliphatic carbocycles. The Bertz CT molecular complexity index is 488. The van der Waals surface area contributed by atoms with E-state index in [9.17, 15) is 5.11 Å². The first-order valence-corrected chi connectivity index (χ1v) is 8.29. The molecule has 0 amide bonds. The number of nitrogens with zero attached hydrogens (tertiary/aromatic N) is 1. The molecule has 2 aliphatic rings. The molecule has 3 nitrogen and oxygen atoms in total. The van der Waals surface area contributed by atoms with E-state index in [1.54, 1.807) is 0 Å². The molecule has 0 aliphatic heterocycles. The molecule has 1 aromatic carbocycles. The zero-order valence-electron chi connectivity index (χ0n) is 13.2. The molecule has 0 aromatic heterocycles. The van der Waals surface area contributed by atoms with Crippen LogP contribution in [0.2, 0.25) is 0 Å². The predicted molar refractivity (Wildman–Crippen MR) is 84.5 cm³/mol. The Labute approximate surface area is 127 Å². The second kappa shape index (κ2) is 6.27. The number of aromatic hydroxyl groups is 1. The molecule has 3 heteroatoms. The standard InChI is InChI=1S/C18H27NO2/c1-3-21-17-6-4-5-15(18(17)20)11-19(2)12-16-10-13-7-8-14(16)9-13/h4-6,13-14,16,20H,3,7-12H2,1-2H3. The van der Waals surface area contributed by atoms with Gasteiger partial charge in [0.15, 0.2) is 11.5 Å². The molecule has 21 heavy (non-hydrogen) atoms. The van der Waals surface area contributed by atoms with Crippen LogP contribution < -0.4 is 4.74 Å². The van der Waals surface area contributed by atoms with Crippen LogP contribution in [0.25, 0.3) is 0 Å². The van der Waals surface area contributed by atoms with Gasteiger partial charge in [-0.25, -0.2) is 0 Å². The molecule has 116 valence electrons. The lowest BCUT2D eigenvalue weighted by Crippen LogP contribution is -2.28. The Balaban J connectivity index is 1.59. The van der Waals surface area contributed by atoms with Crippen molar-refractivity contribution in [1.82, 2.24) is 4.90 Å². The van der Waals surface area contributed by atoms with Gasteiger partial charge in [-0.05, 0) is 57.1 Å². The fourth-order valence-electron chi connectivity index (χ4n) is 4.32. The molecular weight excluding hydrogens is 262 g/mol. The Kier molecular flexibility index (Phi) is 4.39. The van der Waals surface area contributed by atoms with Crippen LogP contribution in [0.1, 0.15) is 38.2 Å². The fraction of sp³-hybridized carbons (Fsp3) is 0.667. The zero-order chi connectivity index (χ0) is 14.8. The minimum Gasteiger partial charge on any atom is -0.504 e. The molecule has 2 bridgehead atoms. The van der Waals surface area contributed by atoms with Crippen molar-refractivity contribution in [1.29, 1.82) is 0 Å². The van der Waals surface area contributed by atoms with Gasteiger partial charge in [0.1, 0.15) is 0 Å². The molecule has 3 atom stereocenters. The van der Waals surface area contributed by atoms with Crippen LogP contribution >= 0.6 is 0 Å². The van der Waals surface area contributed by atoms with E-state index in [4.69, 9.17) is 4.74 Å². The van der Waals surface area contributed by atoms with Crippen molar-refractivity contribution >= 4 is 0 Å². The van der Waals surface area contributed by atoms with Crippen LogP contribution in [0.3, 0.4) is 0 Å². The fourth-order valence-corrected chi connectivity index (χ4v) is 4.32. The Morgan fingerprint density at radius 2 is 2.14 bits per heavy atom. The van der Waals surface area contributed by atoms with Crippen LogP contribution in [-0.2, 0) is 6.54 Å². The third-order valence-corrected chi connectivity index (χ3v) is 5.25. The summed E-state index contributed by atoms with van der Waals surface area (Å²) in [5, 5.41) is 10.3. The SMILES string of the molecule is CCOc1cccc(CN(C)CC2CC3CCC2C3)c1O. The summed E-state index contributed by atoms with van der Waals surface area (Å²) in [6.45, 7) is 4.46. The van der Waals surface area contributed by atoms with Gasteiger partial charge >= 0.3 is 0 Å². The van der Waals surface area contributed by atoms with Crippen molar-refractivity contribution in [3.63, 3.8) is 0 Å². The van der Waals surface area contributed by atoms with Gasteiger partial charge in [-0.15, -0.1) is 0 Å². The summed E-state index contributed by atoms with van der Waals surface area (Å²) in [5.41, 5.74) is 0.964. The van der Waals surface area contributed by atoms with Crippen LogP contribution in [0.15, 0.2) is 18.2 Å². The van der Waals surface area contributed by atoms with Crippen molar-refractivity contribution in [2.24, 2.45) is 17.8 Å². The van der Waals surface area contributed by atoms with E-state index in [1.165, 1.54) is 25.7 Å². The Hall–Kier alpha value is -1.22. The topological polar surface area (TPSA) is 32.7 Å². The normalized spacial score (nSPS) is 27.5. The highest BCUT2D eigenvalue weighted by atomic mass is 16.5. The minimum atomic E-state index is 0.305. The summed E-state index contributed by atoms with van der Waals surface area (Å²) < 4.78 is 5.46. The van der Waals surface area contributed by atoms with Gasteiger partial charge in [0.05, 0.1) is 6.61 Å². The number of phenols is 1. The lowest BCUT2D eigenvalue weighted by atomic mass is 9.88. The monoisotopic (exact) mass is 289 g/mol. The number of hydrogen-bond donors (Lipinski definition) is 1. The average Bonchev–Trinajstić information content (AvgIpc) is 3.06. The highest BCUT2D eigenvalue weighted by Crippen LogP contribution is 2.48. The zero-order valence-corrected chi connectivity index (χ0v) is 13.2. The maximum absolute atomic E-state index is 10.3. The van der Waals surface area contributed by atoms with Crippen molar-refractivity contribution in [2.75, 3.05) is 20.2 Å². The lowest BCUT2D eigenvalue weighted by Gasteiger charge is -2.27. The summed E-state index contributed by atoms with van der Waals surface area (Å²) in [6.07, 6.45) is 5.78. The van der Waals surface area contributed by atoms with Gasteiger partial charge in [-0.2, -0.15) is 0 Å². The third-order valence-electron chi connectivity index (χ3n) is 5.25. The Morgan fingerprint density at radius 3 is 2.81 bits per heavy atom. The lowest BCUT2D eigenvalue weighted by molar-refractivity contribution is 0.212. The van der Waals surface area contributed by atoms with E-state index in [-0.39, 0.29) is 0 Å². The van der Waals surface area contributed by atoms with Gasteiger partial charge in [-0.1, -0.05) is 18.6 Å². The van der Waals surface area contributed by atoms with E-state index < -0.39 is 0 Å². The summed E-state index contributed by atoms with van der Waals surface area (Å²) in [6, 6.07) is 5.79. The van der Waals surface area contributed by atoms with E-state index in [0.29, 0.717) is 18.1 Å². The molecule has 1 N–H and O–H groups in total. The number of benzene rings is 1. The first-order chi connectivity index (χ1) is 10.2. The number of fused-ring (bicyclic) bond motifs is 2. The maximum atomic E-state index is 10.3. The van der Waals surface area contributed by atoms with Gasteiger partial charge in [0, 0.05) is 18.7 Å². The van der Waals surface area contributed by atoms with E-state index in [2.05, 4.69) is 11.9 Å². The highest BCUT2D eigenvalue weighted by Gasteiger charge is 2.39. The molecule has 0 spiro atoms. The molecule has 3 rings (SSSR count). The molecule has 1 aromatic rings. The third kappa shape index (κ3) is 3.18. The summed E-state index contributed by atoms with van der Waals surface area (Å²) in [5.74, 6) is 3.73. The summed E-state index contributed by atoms with van der Waals surface area (Å²) in [4.78, 5) is 2.36. The molecule has 0 saturated heterocycles. The molecule has 0 radical (unpaired) electrons. The van der Waals surface area contributed by atoms with Crippen LogP contribution in [-0.4, -0.2) is 30.2 Å². The smallest absolute Gasteiger partial charge is 0.162 e. The van der Waals surface area contributed by atoms with Crippen molar-refractivity contribution in [3.05, 3.63) is 23.8 Å². The van der Waals surface area contributed by atoms with E-state index in [0.717, 1.165) is 36.4 Å². The van der Waals surface area contributed by atoms with E-state index in [1.807, 2.05) is 25.1 Å². The van der Waals surface area contributed by atoms with Crippen LogP contribution in [0, 0.1) is 17.8 Å². The first kappa shape index (κ1) is 14.7. The number of phenolic OH excluding ortho intramolecular Hbond substituents is 1. The van der Waals surface area contributed by atoms with Crippen LogP contribution in [0.4, 0.5) is 0 Å². The number of para-hydroxylation sites is 1. The van der Waals surface area contributed by atoms with Crippen molar-refractivity contribution in [2.45, 2.75) is 39.2 Å². The largest absolute Gasteiger partial charge is 0.504 e. The van der Waals surface area contributed by atoms with Gasteiger partial charge < -0.3 is 14.7 Å². The number of ether oxygens (including phenoxy) is 1. The van der Waals surface area contributed by atoms with E-state index >= 15 is 0 Å². The molecule has 2 saturated carbocycles. The summed E-state index contributed by atoms with van der Waals surface area (Å²) in [7, 11) is 2.17. The van der Waals surface area contributed by atoms with Gasteiger partial charge in [0.25, 0.3) is 0 Å². The molecular formula is C18H27NO2. The first-order valence-electron chi connectivity index (χ1n) is 8.29. The molecule has 2 fully saturated rings.